The quantitative estimate of drug-likeness (QED) is 0.169. The highest BCUT2D eigenvalue weighted by atomic mass is 32.2. The van der Waals surface area contributed by atoms with Gasteiger partial charge in [0.1, 0.15) is 0 Å². The molecule has 2 unspecified atom stereocenters. The molecule has 6 aromatic carbocycles. The van der Waals surface area contributed by atoms with Crippen molar-refractivity contribution in [2.45, 2.75) is 26.5 Å². The van der Waals surface area contributed by atoms with E-state index in [1.807, 2.05) is 100 Å². The predicted molar refractivity (Wildman–Crippen MR) is 319 cm³/mol. The molecule has 0 amide bonds. The topological polar surface area (TPSA) is 345 Å². The van der Waals surface area contributed by atoms with Gasteiger partial charge in [-0.05, 0) is 91.0 Å². The number of rotatable bonds is 3. The Morgan fingerprint density at radius 1 is 0.315 bits per heavy atom. The molecule has 12 aliphatic heterocycles. The zero-order chi connectivity index (χ0) is 60.8. The summed E-state index contributed by atoms with van der Waals surface area (Å²) in [6.07, 6.45) is 0. The normalized spacial score (nSPS) is 20.7. The molecule has 0 saturated carbocycles. The second kappa shape index (κ2) is 14.0. The molecule has 2 spiro atoms. The number of nitrogens with zero attached hydrogens (tertiary/aromatic N) is 20. The monoisotopic (exact) mass is 1260 g/mol. The first kappa shape index (κ1) is 47.2. The van der Waals surface area contributed by atoms with E-state index in [-0.39, 0.29) is 91.0 Å². The molecule has 0 radical (unpaired) electrons. The molecule has 24 rings (SSSR count). The fraction of sp³-hybridized carbons (Fsp3) is 0.0333. The van der Waals surface area contributed by atoms with Gasteiger partial charge >= 0.3 is 11.8 Å². The SMILES string of the molecule is O=S(=O)(O)c1ccc2c(c1)C1=[N+]3C2=Nc2c4cc(S(=O)(=O)O)ccc4c4n2C32n3c(c5ccccc5c3=NC3=[N+]2C(=N4)c2nc4nc5c(nc4nc23)C2=[N+]3C5=Nc4c5cc(S(=O)(=O)O)ccc5c5n4C34n3c(c6ccccc6c3=N2)=NC2=[N+]4C(=N5)c3ccccc32)=N1. The van der Waals surface area contributed by atoms with Crippen molar-refractivity contribution in [1.82, 2.24) is 38.2 Å². The average Bonchev–Trinajstić information content (AvgIpc) is 1.46. The summed E-state index contributed by atoms with van der Waals surface area (Å²) >= 11 is 0. The molecular weight excluding hydrogens is 1240 g/mol. The molecule has 92 heavy (non-hydrogen) atoms. The molecule has 18 heterocycles. The van der Waals surface area contributed by atoms with E-state index in [0.29, 0.717) is 83.3 Å². The van der Waals surface area contributed by atoms with Gasteiger partial charge in [-0.1, -0.05) is 76.3 Å². The van der Waals surface area contributed by atoms with Gasteiger partial charge in [0, 0.05) is 43.1 Å². The Morgan fingerprint density at radius 3 is 1.12 bits per heavy atom. The van der Waals surface area contributed by atoms with E-state index in [2.05, 4.69) is 9.14 Å². The van der Waals surface area contributed by atoms with Crippen LogP contribution in [0.15, 0.2) is 182 Å². The molecule has 6 aromatic heterocycles. The third kappa shape index (κ3) is 4.72. The van der Waals surface area contributed by atoms with Crippen molar-refractivity contribution in [2.75, 3.05) is 0 Å². The number of aliphatic imine (C=N–C) groups is 4. The van der Waals surface area contributed by atoms with E-state index in [1.165, 1.54) is 42.5 Å². The maximum atomic E-state index is 13.0. The van der Waals surface area contributed by atoms with Gasteiger partial charge in [0.15, 0.2) is 34.1 Å². The Morgan fingerprint density at radius 2 is 0.663 bits per heavy atom. The number of hydrogen-bond acceptors (Lipinski definition) is 18. The van der Waals surface area contributed by atoms with E-state index in [1.54, 1.807) is 12.1 Å². The Labute approximate surface area is 508 Å². The Balaban J connectivity index is 0.831. The maximum absolute atomic E-state index is 13.0. The van der Waals surface area contributed by atoms with Gasteiger partial charge in [0.05, 0.1) is 36.9 Å². The number of hydrogen-bond donors (Lipinski definition) is 3. The van der Waals surface area contributed by atoms with Crippen molar-refractivity contribution in [3.05, 3.63) is 194 Å². The van der Waals surface area contributed by atoms with Gasteiger partial charge < -0.3 is 0 Å². The van der Waals surface area contributed by atoms with Gasteiger partial charge in [0.2, 0.25) is 45.2 Å². The molecule has 0 aliphatic carbocycles. The number of fused-ring (bicyclic) bond motifs is 25. The lowest BCUT2D eigenvalue weighted by Gasteiger charge is -2.40. The molecule has 3 N–H and O–H groups in total. The van der Waals surface area contributed by atoms with Crippen molar-refractivity contribution < 1.29 is 57.2 Å². The minimum atomic E-state index is -4.78. The second-order valence-corrected chi connectivity index (χ2v) is 27.9. The molecule has 432 valence electrons. The summed E-state index contributed by atoms with van der Waals surface area (Å²) < 4.78 is 125. The van der Waals surface area contributed by atoms with Gasteiger partial charge in [-0.2, -0.15) is 43.5 Å². The zero-order valence-corrected chi connectivity index (χ0v) is 48.0. The molecule has 12 aromatic rings. The van der Waals surface area contributed by atoms with Crippen LogP contribution in [0.4, 0.5) is 23.3 Å². The van der Waals surface area contributed by atoms with Gasteiger partial charge in [-0.25, -0.2) is 19.9 Å². The van der Waals surface area contributed by atoms with E-state index in [4.69, 9.17) is 59.9 Å². The fourth-order valence-electron chi connectivity index (χ4n) is 16.0. The van der Waals surface area contributed by atoms with Crippen molar-refractivity contribution in [1.29, 1.82) is 0 Å². The Bertz CT molecular complexity index is 7160. The minimum Gasteiger partial charge on any atom is -0.282 e. The van der Waals surface area contributed by atoms with Crippen LogP contribution in [0.3, 0.4) is 0 Å². The molecule has 12 aliphatic rings. The van der Waals surface area contributed by atoms with Gasteiger partial charge in [-0.3, -0.25) is 13.7 Å². The first-order valence-corrected chi connectivity index (χ1v) is 32.7. The fourth-order valence-corrected chi connectivity index (χ4v) is 17.5. The van der Waals surface area contributed by atoms with Crippen molar-refractivity contribution >= 4 is 155 Å². The van der Waals surface area contributed by atoms with Crippen LogP contribution >= 0.6 is 0 Å². The third-order valence-electron chi connectivity index (χ3n) is 19.4. The lowest BCUT2D eigenvalue weighted by molar-refractivity contribution is -0.791. The molecule has 0 bridgehead atoms. The van der Waals surface area contributed by atoms with Crippen molar-refractivity contribution in [3.63, 3.8) is 0 Å². The summed E-state index contributed by atoms with van der Waals surface area (Å²) in [4.78, 5) is 63.8. The first-order valence-electron chi connectivity index (χ1n) is 28.3. The number of benzene rings is 6. The van der Waals surface area contributed by atoms with Crippen LogP contribution in [0.25, 0.3) is 54.4 Å². The van der Waals surface area contributed by atoms with Gasteiger partial charge in [0.25, 0.3) is 77.0 Å². The number of amidine groups is 8. The summed E-state index contributed by atoms with van der Waals surface area (Å²) in [6, 6.07) is 35.9. The summed E-state index contributed by atoms with van der Waals surface area (Å²) in [7, 11) is -14.3. The Kier molecular flexibility index (Phi) is 7.17. The standard InChI is InChI=1S/C60H21N20O9S3/c81-90(82,83)22-13-16-31-34(19-22)52-67-46-28-10-4-6-12-30(28)48-70-55-37-38(57-71-51-33-18-15-23(91(84,85)86)20-35(33)53-68-50(31)76(52)60(75(46)48,78(51)53)79(55)57)62-42-41(61-37)63-39-40(64-42)58-72-54-36-21-24(92(87,88)89)14-17-32(36)49-66-45-26-8-2-1-7-25(26)43-65-44-27-9-3-5-11-29(27)47-69-56(39)80(58)59(73(43)45,74(44)47)77(49)54/h1-21H/q+1/p+3. The molecular formula is C60H24N20O9S3+4. The molecule has 32 heteroatoms. The van der Waals surface area contributed by atoms with Crippen LogP contribution < -0.4 is 22.0 Å². The second-order valence-electron chi connectivity index (χ2n) is 23.6. The average molecular weight is 1270 g/mol. The summed E-state index contributed by atoms with van der Waals surface area (Å²) in [5, 5.41) is 4.51. The largest absolute Gasteiger partial charge is 0.404 e. The molecule has 0 fully saturated rings. The van der Waals surface area contributed by atoms with Crippen LogP contribution in [-0.2, 0) is 42.2 Å². The van der Waals surface area contributed by atoms with Crippen molar-refractivity contribution in [3.8, 4) is 0 Å². The van der Waals surface area contributed by atoms with E-state index >= 15 is 0 Å². The van der Waals surface area contributed by atoms with Crippen LogP contribution in [0.1, 0.15) is 45.0 Å². The zero-order valence-electron chi connectivity index (χ0n) is 45.6. The molecule has 29 nitrogen and oxygen atoms in total. The summed E-state index contributed by atoms with van der Waals surface area (Å²) in [6.45, 7) is 0. The lowest BCUT2D eigenvalue weighted by atomic mass is 10.1. The van der Waals surface area contributed by atoms with E-state index < -0.39 is 52.0 Å². The highest BCUT2D eigenvalue weighted by Gasteiger charge is 2.73. The molecule has 2 atom stereocenters. The summed E-state index contributed by atoms with van der Waals surface area (Å²) in [5.41, 5.74) is 5.29. The maximum Gasteiger partial charge on any atom is 0.404 e. The van der Waals surface area contributed by atoms with Crippen LogP contribution in [0.2, 0.25) is 0 Å². The highest BCUT2D eigenvalue weighted by molar-refractivity contribution is 7.86. The van der Waals surface area contributed by atoms with Crippen LogP contribution in [0.5, 0.6) is 0 Å². The van der Waals surface area contributed by atoms with E-state index in [0.717, 1.165) is 21.9 Å². The smallest absolute Gasteiger partial charge is 0.282 e. The van der Waals surface area contributed by atoms with Crippen LogP contribution in [0, 0.1) is 0 Å². The highest BCUT2D eigenvalue weighted by Crippen LogP contribution is 2.55. The number of aromatic nitrogens is 8. The summed E-state index contributed by atoms with van der Waals surface area (Å²) in [5.74, 6) is 0.535. The van der Waals surface area contributed by atoms with Crippen LogP contribution in [-0.4, -0.2) is 142 Å². The lowest BCUT2D eigenvalue weighted by Crippen LogP contribution is -2.71. The molecule has 0 saturated heterocycles. The first-order chi connectivity index (χ1) is 44.5. The Hall–Kier alpha value is -11.8. The van der Waals surface area contributed by atoms with Crippen molar-refractivity contribution in [2.24, 2.45) is 39.9 Å². The third-order valence-corrected chi connectivity index (χ3v) is 21.9. The minimum absolute atomic E-state index is 0.0400. The van der Waals surface area contributed by atoms with E-state index in [9.17, 15) is 38.9 Å². The van der Waals surface area contributed by atoms with Gasteiger partial charge in [-0.15, -0.1) is 18.3 Å². The predicted octanol–water partition coefficient (Wildman–Crippen LogP) is 2.20.